The van der Waals surface area contributed by atoms with Gasteiger partial charge in [-0.1, -0.05) is 25.1 Å². The molecule has 0 unspecified atom stereocenters. The molecular formula is C10H20OS2. The summed E-state index contributed by atoms with van der Waals surface area (Å²) in [5.41, 5.74) is 0. The first-order valence-electron chi connectivity index (χ1n) is 4.95. The number of unbranched alkanes of at least 4 members (excludes halogenated alkanes) is 2. The van der Waals surface area contributed by atoms with Crippen LogP contribution in [0.15, 0.2) is 0 Å². The molecule has 0 amide bonds. The molecule has 0 heterocycles. The molecule has 3 heteroatoms. The van der Waals surface area contributed by atoms with Crippen molar-refractivity contribution in [3.63, 3.8) is 0 Å². The number of carbonyl (C=O) groups is 1. The molecule has 0 atom stereocenters. The van der Waals surface area contributed by atoms with Crippen molar-refractivity contribution in [3.8, 4) is 0 Å². The highest BCUT2D eigenvalue weighted by molar-refractivity contribution is 8.13. The fourth-order valence-electron chi connectivity index (χ4n) is 0.928. The summed E-state index contributed by atoms with van der Waals surface area (Å²) in [5, 5.41) is 0.381. The van der Waals surface area contributed by atoms with Gasteiger partial charge in [0.15, 0.2) is 5.12 Å². The normalized spacial score (nSPS) is 10.3. The second kappa shape index (κ2) is 10.5. The van der Waals surface area contributed by atoms with Crippen molar-refractivity contribution in [1.29, 1.82) is 0 Å². The van der Waals surface area contributed by atoms with E-state index < -0.39 is 0 Å². The lowest BCUT2D eigenvalue weighted by atomic mass is 10.3. The largest absolute Gasteiger partial charge is 0.287 e. The van der Waals surface area contributed by atoms with E-state index in [2.05, 4.69) is 13.2 Å². The maximum atomic E-state index is 11.2. The second-order valence-corrected chi connectivity index (χ2v) is 5.16. The fraction of sp³-hybridized carbons (Fsp3) is 0.900. The lowest BCUT2D eigenvalue weighted by Gasteiger charge is -1.99. The molecule has 0 saturated carbocycles. The van der Waals surface area contributed by atoms with E-state index in [-0.39, 0.29) is 0 Å². The van der Waals surface area contributed by atoms with Crippen LogP contribution < -0.4 is 0 Å². The minimum absolute atomic E-state index is 0.381. The van der Waals surface area contributed by atoms with E-state index in [1.54, 1.807) is 0 Å². The van der Waals surface area contributed by atoms with Crippen LogP contribution in [0, 0.1) is 0 Å². The third-order valence-electron chi connectivity index (χ3n) is 1.74. The van der Waals surface area contributed by atoms with E-state index in [1.807, 2.05) is 11.8 Å². The smallest absolute Gasteiger partial charge is 0.188 e. The quantitative estimate of drug-likeness (QED) is 0.582. The number of carbonyl (C=O) groups excluding carboxylic acids is 1. The van der Waals surface area contributed by atoms with Crippen LogP contribution in [-0.2, 0) is 4.79 Å². The van der Waals surface area contributed by atoms with Gasteiger partial charge in [-0.2, -0.15) is 11.8 Å². The summed E-state index contributed by atoms with van der Waals surface area (Å²) in [6, 6.07) is 0. The van der Waals surface area contributed by atoms with Crippen LogP contribution in [0.5, 0.6) is 0 Å². The lowest BCUT2D eigenvalue weighted by Crippen LogP contribution is -1.93. The van der Waals surface area contributed by atoms with E-state index in [9.17, 15) is 4.79 Å². The highest BCUT2D eigenvalue weighted by Crippen LogP contribution is 2.11. The summed E-state index contributed by atoms with van der Waals surface area (Å²) in [5.74, 6) is 2.24. The van der Waals surface area contributed by atoms with E-state index in [0.717, 1.165) is 25.0 Å². The monoisotopic (exact) mass is 220 g/mol. The second-order valence-electron chi connectivity index (χ2n) is 3.02. The molecule has 0 aliphatic rings. The van der Waals surface area contributed by atoms with Gasteiger partial charge in [0.05, 0.1) is 0 Å². The number of hydrogen-bond donors (Lipinski definition) is 0. The van der Waals surface area contributed by atoms with Crippen LogP contribution >= 0.6 is 23.5 Å². The summed E-state index contributed by atoms with van der Waals surface area (Å²) in [6.45, 7) is 2.12. The topological polar surface area (TPSA) is 17.1 Å². The predicted octanol–water partition coefficient (Wildman–Crippen LogP) is 3.58. The van der Waals surface area contributed by atoms with Gasteiger partial charge in [-0.05, 0) is 31.3 Å². The Bertz CT molecular complexity index is 126. The van der Waals surface area contributed by atoms with Crippen molar-refractivity contribution in [2.75, 3.05) is 17.8 Å². The van der Waals surface area contributed by atoms with Crippen molar-refractivity contribution in [2.45, 2.75) is 39.0 Å². The van der Waals surface area contributed by atoms with Crippen molar-refractivity contribution in [3.05, 3.63) is 0 Å². The summed E-state index contributed by atoms with van der Waals surface area (Å²) >= 11 is 3.40. The van der Waals surface area contributed by atoms with Crippen LogP contribution in [-0.4, -0.2) is 22.9 Å². The average molecular weight is 220 g/mol. The summed E-state index contributed by atoms with van der Waals surface area (Å²) in [6.07, 6.45) is 7.50. The van der Waals surface area contributed by atoms with E-state index in [1.165, 1.54) is 30.4 Å². The Kier molecular flexibility index (Phi) is 10.7. The maximum absolute atomic E-state index is 11.2. The van der Waals surface area contributed by atoms with Gasteiger partial charge in [-0.3, -0.25) is 4.79 Å². The Morgan fingerprint density at radius 1 is 1.15 bits per heavy atom. The lowest BCUT2D eigenvalue weighted by molar-refractivity contribution is -0.111. The molecule has 0 rings (SSSR count). The standard InChI is InChI=1S/C10H20OS2/c1-3-4-7-10(11)13-9-6-5-8-12-2/h3-9H2,1-2H3. The molecule has 0 saturated heterocycles. The first kappa shape index (κ1) is 13.4. The van der Waals surface area contributed by atoms with Gasteiger partial charge >= 0.3 is 0 Å². The number of hydrogen-bond acceptors (Lipinski definition) is 3. The maximum Gasteiger partial charge on any atom is 0.188 e. The van der Waals surface area contributed by atoms with Gasteiger partial charge in [0.25, 0.3) is 0 Å². The zero-order valence-corrected chi connectivity index (χ0v) is 10.3. The Morgan fingerprint density at radius 2 is 1.85 bits per heavy atom. The van der Waals surface area contributed by atoms with Gasteiger partial charge in [-0.25, -0.2) is 0 Å². The summed E-state index contributed by atoms with van der Waals surface area (Å²) in [4.78, 5) is 11.2. The molecule has 1 nitrogen and oxygen atoms in total. The molecule has 0 N–H and O–H groups in total. The fourth-order valence-corrected chi connectivity index (χ4v) is 2.29. The van der Waals surface area contributed by atoms with Crippen LogP contribution in [0.25, 0.3) is 0 Å². The van der Waals surface area contributed by atoms with E-state index in [4.69, 9.17) is 0 Å². The third-order valence-corrected chi connectivity index (χ3v) is 3.46. The van der Waals surface area contributed by atoms with E-state index in [0.29, 0.717) is 5.12 Å². The first-order chi connectivity index (χ1) is 6.31. The predicted molar refractivity (Wildman–Crippen MR) is 64.6 cm³/mol. The Labute approximate surface area is 90.4 Å². The Morgan fingerprint density at radius 3 is 2.46 bits per heavy atom. The Hall–Kier alpha value is 0.370. The van der Waals surface area contributed by atoms with Gasteiger partial charge in [-0.15, -0.1) is 0 Å². The minimum Gasteiger partial charge on any atom is -0.287 e. The molecule has 0 aromatic heterocycles. The van der Waals surface area contributed by atoms with Gasteiger partial charge in [0.2, 0.25) is 0 Å². The van der Waals surface area contributed by atoms with Crippen molar-refractivity contribution >= 4 is 28.6 Å². The molecule has 0 radical (unpaired) electrons. The van der Waals surface area contributed by atoms with Crippen molar-refractivity contribution < 1.29 is 4.79 Å². The average Bonchev–Trinajstić information content (AvgIpc) is 2.14. The number of thioether (sulfide) groups is 2. The SMILES string of the molecule is CCCCC(=O)SCCCCSC. The molecule has 0 spiro atoms. The van der Waals surface area contributed by atoms with Crippen LogP contribution in [0.1, 0.15) is 39.0 Å². The molecule has 0 aromatic carbocycles. The number of rotatable bonds is 8. The molecule has 0 aliphatic carbocycles. The molecule has 0 fully saturated rings. The molecular weight excluding hydrogens is 200 g/mol. The van der Waals surface area contributed by atoms with Gasteiger partial charge < -0.3 is 0 Å². The van der Waals surface area contributed by atoms with Crippen molar-refractivity contribution in [1.82, 2.24) is 0 Å². The van der Waals surface area contributed by atoms with Crippen molar-refractivity contribution in [2.24, 2.45) is 0 Å². The van der Waals surface area contributed by atoms with Crippen LogP contribution in [0.2, 0.25) is 0 Å². The molecule has 0 bridgehead atoms. The van der Waals surface area contributed by atoms with E-state index >= 15 is 0 Å². The van der Waals surface area contributed by atoms with Crippen LogP contribution in [0.4, 0.5) is 0 Å². The first-order valence-corrected chi connectivity index (χ1v) is 7.33. The zero-order chi connectivity index (χ0) is 9.94. The molecule has 78 valence electrons. The molecule has 13 heavy (non-hydrogen) atoms. The van der Waals surface area contributed by atoms with Gasteiger partial charge in [0.1, 0.15) is 0 Å². The Balaban J connectivity index is 3.08. The molecule has 0 aliphatic heterocycles. The third kappa shape index (κ3) is 10.3. The minimum atomic E-state index is 0.381. The summed E-state index contributed by atoms with van der Waals surface area (Å²) < 4.78 is 0. The zero-order valence-electron chi connectivity index (χ0n) is 8.67. The highest BCUT2D eigenvalue weighted by atomic mass is 32.2. The summed E-state index contributed by atoms with van der Waals surface area (Å²) in [7, 11) is 0. The highest BCUT2D eigenvalue weighted by Gasteiger charge is 2.00. The van der Waals surface area contributed by atoms with Crippen LogP contribution in [0.3, 0.4) is 0 Å². The van der Waals surface area contributed by atoms with Gasteiger partial charge in [0, 0.05) is 12.2 Å². The molecule has 0 aromatic rings.